The molecule has 2 aromatic carbocycles. The molecule has 1 unspecified atom stereocenters. The van der Waals surface area contributed by atoms with Crippen LogP contribution in [0, 0.1) is 5.82 Å². The second-order valence-corrected chi connectivity index (χ2v) is 15.1. The molecule has 0 aliphatic carbocycles. The Morgan fingerprint density at radius 2 is 1.59 bits per heavy atom. The van der Waals surface area contributed by atoms with Crippen LogP contribution in [0.25, 0.3) is 0 Å². The number of nitrogens with one attached hydrogen (secondary N) is 4. The van der Waals surface area contributed by atoms with Crippen molar-refractivity contribution in [3.63, 3.8) is 0 Å². The van der Waals surface area contributed by atoms with Crippen molar-refractivity contribution < 1.29 is 38.2 Å². The number of carbonyl (C=O) groups is 5. The smallest absolute Gasteiger partial charge is 0.408 e. The highest BCUT2D eigenvalue weighted by atomic mass is 19.1. The summed E-state index contributed by atoms with van der Waals surface area (Å²) in [7, 11) is 1.46. The lowest BCUT2D eigenvalue weighted by atomic mass is 9.84. The number of rotatable bonds is 7. The van der Waals surface area contributed by atoms with Gasteiger partial charge in [-0.1, -0.05) is 45.0 Å². The zero-order valence-corrected chi connectivity index (χ0v) is 30.9. The molecule has 5 N–H and O–H groups in total. The molecule has 13 heteroatoms. The van der Waals surface area contributed by atoms with Crippen molar-refractivity contribution in [2.45, 2.75) is 116 Å². The summed E-state index contributed by atoms with van der Waals surface area (Å²) in [5.74, 6) is -2.11. The minimum Gasteiger partial charge on any atom is -0.508 e. The van der Waals surface area contributed by atoms with Crippen LogP contribution >= 0.6 is 0 Å². The molecule has 0 saturated carbocycles. The van der Waals surface area contributed by atoms with Crippen LogP contribution in [0.5, 0.6) is 5.75 Å². The predicted octanol–water partition coefficient (Wildman–Crippen LogP) is 4.02. The summed E-state index contributed by atoms with van der Waals surface area (Å²) in [4.78, 5) is 68.4. The number of phenolic OH excluding ortho intramolecular Hbond substituents is 1. The maximum Gasteiger partial charge on any atom is 0.408 e. The van der Waals surface area contributed by atoms with Gasteiger partial charge in [0.1, 0.15) is 35.3 Å². The van der Waals surface area contributed by atoms with Gasteiger partial charge in [0.15, 0.2) is 0 Å². The molecule has 3 atom stereocenters. The highest BCUT2D eigenvalue weighted by Crippen LogP contribution is 2.31. The van der Waals surface area contributed by atoms with Crippen LogP contribution in [0.15, 0.2) is 42.5 Å². The molecule has 12 nitrogen and oxygen atoms in total. The monoisotopic (exact) mass is 711 g/mol. The zero-order valence-electron chi connectivity index (χ0n) is 30.9. The number of benzene rings is 2. The topological polar surface area (TPSA) is 166 Å². The number of hydrogen-bond donors (Lipinski definition) is 5. The van der Waals surface area contributed by atoms with E-state index in [0.717, 1.165) is 0 Å². The maximum absolute atomic E-state index is 14.2. The maximum atomic E-state index is 14.2. The molecular formula is C38H54FN5O7. The molecule has 0 aromatic heterocycles. The third-order valence-electron chi connectivity index (χ3n) is 8.51. The first-order valence-electron chi connectivity index (χ1n) is 17.5. The normalized spacial score (nSPS) is 18.9. The van der Waals surface area contributed by atoms with Crippen LogP contribution in [0.4, 0.5) is 9.18 Å². The first kappa shape index (κ1) is 40.7. The van der Waals surface area contributed by atoms with Crippen molar-refractivity contribution >= 4 is 29.7 Å². The minimum atomic E-state index is -1.18. The molecule has 1 aliphatic rings. The average molecular weight is 712 g/mol. The molecule has 51 heavy (non-hydrogen) atoms. The van der Waals surface area contributed by atoms with Crippen LogP contribution in [0.1, 0.15) is 90.3 Å². The Kier molecular flexibility index (Phi) is 14.4. The van der Waals surface area contributed by atoms with E-state index in [1.807, 2.05) is 26.8 Å². The van der Waals surface area contributed by atoms with E-state index in [-0.39, 0.29) is 49.3 Å². The number of likely N-dealkylation sites (N-methyl/N-ethyl adjacent to an activating group) is 1. The van der Waals surface area contributed by atoms with E-state index in [1.54, 1.807) is 32.9 Å². The molecule has 5 amide bonds. The van der Waals surface area contributed by atoms with Gasteiger partial charge in [0.2, 0.25) is 23.6 Å². The summed E-state index contributed by atoms with van der Waals surface area (Å²) in [6.45, 7) is 11.5. The molecule has 0 radical (unpaired) electrons. The van der Waals surface area contributed by atoms with E-state index < -0.39 is 53.4 Å². The van der Waals surface area contributed by atoms with Gasteiger partial charge >= 0.3 is 6.09 Å². The van der Waals surface area contributed by atoms with Crippen molar-refractivity contribution in [1.29, 1.82) is 0 Å². The minimum absolute atomic E-state index is 0.00887. The van der Waals surface area contributed by atoms with E-state index in [2.05, 4.69) is 21.3 Å². The van der Waals surface area contributed by atoms with Crippen molar-refractivity contribution in [2.24, 2.45) is 0 Å². The summed E-state index contributed by atoms with van der Waals surface area (Å²) in [6, 6.07) is 7.31. The van der Waals surface area contributed by atoms with Crippen molar-refractivity contribution in [3.8, 4) is 5.75 Å². The standard InChI is InChI=1S/C38H54FN5O7/c1-37(2,3)27-21-25(15-18-31(27)45)23-28-33(47)41-20-10-12-32(46)40-19-9-8-11-30(34(48)42-28)44(7)35(49)29(43-36(50)51-38(4,5)6)22-24-13-16-26(39)17-14-24/h13-18,21,28-30,45H,8-12,19-20,22-23H2,1-7H3,(H,40,46)(H,41,47)(H,42,48)(H,43,50)/t28?,29-,30-/m0/s1. The van der Waals surface area contributed by atoms with E-state index in [1.165, 1.54) is 36.2 Å². The number of halogens is 1. The fraction of sp³-hybridized carbons (Fsp3) is 0.553. The van der Waals surface area contributed by atoms with Gasteiger partial charge in [-0.15, -0.1) is 0 Å². The third kappa shape index (κ3) is 13.2. The molecular weight excluding hydrogens is 657 g/mol. The first-order chi connectivity index (χ1) is 23.8. The lowest BCUT2D eigenvalue weighted by Gasteiger charge is -2.32. The Balaban J connectivity index is 1.96. The Hall–Kier alpha value is -4.68. The number of ether oxygens (including phenoxy) is 1. The van der Waals surface area contributed by atoms with E-state index in [0.29, 0.717) is 42.5 Å². The van der Waals surface area contributed by atoms with Crippen molar-refractivity contribution in [2.75, 3.05) is 20.1 Å². The fourth-order valence-electron chi connectivity index (χ4n) is 5.79. The highest BCUT2D eigenvalue weighted by molar-refractivity contribution is 5.94. The molecule has 3 rings (SSSR count). The molecule has 0 spiro atoms. The van der Waals surface area contributed by atoms with Gasteiger partial charge < -0.3 is 36.0 Å². The molecule has 0 bridgehead atoms. The van der Waals surface area contributed by atoms with Gasteiger partial charge in [0.05, 0.1) is 0 Å². The molecule has 280 valence electrons. The number of nitrogens with zero attached hydrogens (tertiary/aromatic N) is 1. The lowest BCUT2D eigenvalue weighted by Crippen LogP contribution is -2.58. The lowest BCUT2D eigenvalue weighted by molar-refractivity contribution is -0.141. The number of amides is 5. The Morgan fingerprint density at radius 1 is 0.941 bits per heavy atom. The molecule has 1 saturated heterocycles. The summed E-state index contributed by atoms with van der Waals surface area (Å²) in [5, 5.41) is 21.7. The Labute approximate surface area is 300 Å². The first-order valence-corrected chi connectivity index (χ1v) is 17.5. The fourth-order valence-corrected chi connectivity index (χ4v) is 5.79. The molecule has 1 aliphatic heterocycles. The largest absolute Gasteiger partial charge is 0.508 e. The molecule has 1 fully saturated rings. The highest BCUT2D eigenvalue weighted by Gasteiger charge is 2.35. The second-order valence-electron chi connectivity index (χ2n) is 15.1. The number of phenols is 1. The quantitative estimate of drug-likeness (QED) is 0.290. The number of alkyl carbamates (subject to hydrolysis) is 1. The van der Waals surface area contributed by atoms with Gasteiger partial charge in [-0.3, -0.25) is 19.2 Å². The van der Waals surface area contributed by atoms with Crippen LogP contribution < -0.4 is 21.3 Å². The SMILES string of the molecule is CN(C(=O)[C@H](Cc1ccc(F)cc1)NC(=O)OC(C)(C)C)[C@H]1CCCCNC(=O)CCCNC(=O)C(Cc2ccc(O)c(C(C)(C)C)c2)NC1=O. The average Bonchev–Trinajstić information content (AvgIpc) is 3.03. The number of carbonyl (C=O) groups excluding carboxylic acids is 5. The Bertz CT molecular complexity index is 1530. The van der Waals surface area contributed by atoms with Gasteiger partial charge in [0, 0.05) is 39.4 Å². The van der Waals surface area contributed by atoms with Gasteiger partial charge in [0.25, 0.3) is 0 Å². The number of hydrogen-bond acceptors (Lipinski definition) is 7. The van der Waals surface area contributed by atoms with Crippen LogP contribution in [-0.4, -0.2) is 83.6 Å². The third-order valence-corrected chi connectivity index (χ3v) is 8.51. The Morgan fingerprint density at radius 3 is 2.24 bits per heavy atom. The van der Waals surface area contributed by atoms with Crippen molar-refractivity contribution in [3.05, 3.63) is 65.0 Å². The molecule has 1 heterocycles. The van der Waals surface area contributed by atoms with Gasteiger partial charge in [-0.2, -0.15) is 0 Å². The summed E-state index contributed by atoms with van der Waals surface area (Å²) < 4.78 is 19.1. The number of aromatic hydroxyl groups is 1. The summed E-state index contributed by atoms with van der Waals surface area (Å²) in [6.07, 6.45) is 1.08. The van der Waals surface area contributed by atoms with E-state index in [4.69, 9.17) is 4.74 Å². The van der Waals surface area contributed by atoms with Crippen molar-refractivity contribution in [1.82, 2.24) is 26.2 Å². The zero-order chi connectivity index (χ0) is 37.9. The van der Waals surface area contributed by atoms with Crippen LogP contribution in [-0.2, 0) is 42.2 Å². The van der Waals surface area contributed by atoms with Crippen LogP contribution in [0.2, 0.25) is 0 Å². The predicted molar refractivity (Wildman–Crippen MR) is 191 cm³/mol. The van der Waals surface area contributed by atoms with Gasteiger partial charge in [-0.25, -0.2) is 9.18 Å². The van der Waals surface area contributed by atoms with E-state index >= 15 is 0 Å². The molecule has 2 aromatic rings. The van der Waals surface area contributed by atoms with Crippen LogP contribution in [0.3, 0.4) is 0 Å². The van der Waals surface area contributed by atoms with E-state index in [9.17, 15) is 33.5 Å². The summed E-state index contributed by atoms with van der Waals surface area (Å²) >= 11 is 0. The van der Waals surface area contributed by atoms with Gasteiger partial charge in [-0.05, 0) is 86.8 Å². The summed E-state index contributed by atoms with van der Waals surface area (Å²) in [5.41, 5.74) is 0.723. The second kappa shape index (κ2) is 18.0.